The van der Waals surface area contributed by atoms with E-state index in [1.54, 1.807) is 12.1 Å². The summed E-state index contributed by atoms with van der Waals surface area (Å²) in [7, 11) is 0. The number of amides is 1. The van der Waals surface area contributed by atoms with Gasteiger partial charge in [0.25, 0.3) is 0 Å². The summed E-state index contributed by atoms with van der Waals surface area (Å²) in [6.45, 7) is 0. The lowest BCUT2D eigenvalue weighted by Gasteiger charge is -2.11. The number of carbonyl (C=O) groups excluding carboxylic acids is 1. The monoisotopic (exact) mass is 302 g/mol. The van der Waals surface area contributed by atoms with Crippen LogP contribution in [0.3, 0.4) is 0 Å². The maximum Gasteiger partial charge on any atom is 0.248 e. The molecular weight excluding hydrogens is 292 g/mol. The minimum atomic E-state index is -0.816. The van der Waals surface area contributed by atoms with Crippen molar-refractivity contribution in [3.05, 3.63) is 47.4 Å². The lowest BCUT2D eigenvalue weighted by molar-refractivity contribution is -0.117. The number of fused-ring (bicyclic) bond motifs is 1. The van der Waals surface area contributed by atoms with Crippen LogP contribution in [-0.4, -0.2) is 25.8 Å². The molecule has 0 saturated carbocycles. The number of hydrogen-bond acceptors (Lipinski definition) is 5. The maximum absolute atomic E-state index is 12.1. The van der Waals surface area contributed by atoms with Gasteiger partial charge in [-0.2, -0.15) is 9.97 Å². The number of aromatic nitrogens is 4. The maximum atomic E-state index is 12.1. The number of nitrogens with zero attached hydrogens (tertiary/aromatic N) is 3. The summed E-state index contributed by atoms with van der Waals surface area (Å²) in [5.41, 5.74) is 7.48. The predicted molar refractivity (Wildman–Crippen MR) is 78.7 cm³/mol. The Morgan fingerprint density at radius 1 is 1.29 bits per heavy atom. The third kappa shape index (κ3) is 2.69. The van der Waals surface area contributed by atoms with Crippen LogP contribution in [0.25, 0.3) is 11.2 Å². The quantitative estimate of drug-likeness (QED) is 0.637. The standard InChI is InChI=1S/C13H11ClN6O/c14-10-9-11(17-6-16-9)19-13(18-10)20-12(21)8(15)7-4-2-1-3-5-7/h1-6,8H,15H2,(H2,16,17,18,19,20,21)/t8-/m0/s1. The van der Waals surface area contributed by atoms with Crippen LogP contribution in [0.2, 0.25) is 5.15 Å². The molecule has 0 fully saturated rings. The zero-order valence-corrected chi connectivity index (χ0v) is 11.5. The fourth-order valence-electron chi connectivity index (χ4n) is 1.85. The number of carbonyl (C=O) groups is 1. The molecule has 7 nitrogen and oxygen atoms in total. The first-order valence-electron chi connectivity index (χ1n) is 6.13. The minimum Gasteiger partial charge on any atom is -0.341 e. The molecule has 21 heavy (non-hydrogen) atoms. The normalized spacial score (nSPS) is 12.3. The number of imidazole rings is 1. The van der Waals surface area contributed by atoms with E-state index < -0.39 is 11.9 Å². The molecule has 0 aliphatic heterocycles. The van der Waals surface area contributed by atoms with Crippen molar-refractivity contribution < 1.29 is 4.79 Å². The fourth-order valence-corrected chi connectivity index (χ4v) is 2.07. The summed E-state index contributed by atoms with van der Waals surface area (Å²) < 4.78 is 0. The van der Waals surface area contributed by atoms with Gasteiger partial charge in [0, 0.05) is 0 Å². The first-order chi connectivity index (χ1) is 10.1. The molecule has 0 aliphatic rings. The average molecular weight is 303 g/mol. The van der Waals surface area contributed by atoms with E-state index in [0.717, 1.165) is 0 Å². The summed E-state index contributed by atoms with van der Waals surface area (Å²) in [6.07, 6.45) is 1.45. The molecule has 2 aromatic heterocycles. The van der Waals surface area contributed by atoms with Crippen LogP contribution in [0.4, 0.5) is 5.95 Å². The average Bonchev–Trinajstić information content (AvgIpc) is 2.96. The van der Waals surface area contributed by atoms with Crippen LogP contribution in [0.15, 0.2) is 36.7 Å². The van der Waals surface area contributed by atoms with Crippen LogP contribution < -0.4 is 11.1 Å². The molecule has 3 aromatic rings. The van der Waals surface area contributed by atoms with Crippen molar-refractivity contribution in [2.45, 2.75) is 6.04 Å². The highest BCUT2D eigenvalue weighted by atomic mass is 35.5. The highest BCUT2D eigenvalue weighted by Crippen LogP contribution is 2.19. The van der Waals surface area contributed by atoms with Gasteiger partial charge in [-0.05, 0) is 5.56 Å². The van der Waals surface area contributed by atoms with Crippen molar-refractivity contribution in [3.63, 3.8) is 0 Å². The number of nitrogens with two attached hydrogens (primary N) is 1. The molecule has 4 N–H and O–H groups in total. The van der Waals surface area contributed by atoms with Crippen molar-refractivity contribution in [2.24, 2.45) is 5.73 Å². The van der Waals surface area contributed by atoms with E-state index in [2.05, 4.69) is 25.3 Å². The number of aromatic amines is 1. The summed E-state index contributed by atoms with van der Waals surface area (Å²) in [6, 6.07) is 8.20. The molecule has 3 rings (SSSR count). The molecule has 0 radical (unpaired) electrons. The van der Waals surface area contributed by atoms with E-state index in [-0.39, 0.29) is 11.1 Å². The summed E-state index contributed by atoms with van der Waals surface area (Å²) in [5, 5.41) is 2.72. The van der Waals surface area contributed by atoms with Crippen LogP contribution >= 0.6 is 11.6 Å². The first kappa shape index (κ1) is 13.5. The zero-order chi connectivity index (χ0) is 14.8. The van der Waals surface area contributed by atoms with E-state index in [4.69, 9.17) is 17.3 Å². The van der Waals surface area contributed by atoms with Crippen molar-refractivity contribution >= 4 is 34.6 Å². The van der Waals surface area contributed by atoms with Gasteiger partial charge in [-0.1, -0.05) is 41.9 Å². The Hall–Kier alpha value is -2.51. The molecule has 8 heteroatoms. The van der Waals surface area contributed by atoms with Crippen molar-refractivity contribution in [1.82, 2.24) is 19.9 Å². The van der Waals surface area contributed by atoms with Crippen LogP contribution in [-0.2, 0) is 4.79 Å². The van der Waals surface area contributed by atoms with Crippen LogP contribution in [0, 0.1) is 0 Å². The molecule has 0 bridgehead atoms. The molecule has 1 amide bonds. The Morgan fingerprint density at radius 2 is 2.05 bits per heavy atom. The SMILES string of the molecule is N[C@H](C(=O)Nc1nc(Cl)c2[nH]cnc2n1)c1ccccc1. The van der Waals surface area contributed by atoms with E-state index in [0.29, 0.717) is 16.7 Å². The van der Waals surface area contributed by atoms with E-state index in [1.807, 2.05) is 18.2 Å². The summed E-state index contributed by atoms with van der Waals surface area (Å²) >= 11 is 5.98. The lowest BCUT2D eigenvalue weighted by Crippen LogP contribution is -2.28. The van der Waals surface area contributed by atoms with E-state index >= 15 is 0 Å². The highest BCUT2D eigenvalue weighted by molar-refractivity contribution is 6.33. The van der Waals surface area contributed by atoms with Gasteiger partial charge in [0.1, 0.15) is 11.6 Å². The number of anilines is 1. The topological polar surface area (TPSA) is 110 Å². The fraction of sp³-hybridized carbons (Fsp3) is 0.0769. The third-order valence-electron chi connectivity index (χ3n) is 2.92. The second-order valence-corrected chi connectivity index (χ2v) is 4.67. The molecular formula is C13H11ClN6O. The second kappa shape index (κ2) is 5.47. The number of nitrogens with one attached hydrogen (secondary N) is 2. The van der Waals surface area contributed by atoms with Gasteiger partial charge < -0.3 is 10.7 Å². The van der Waals surface area contributed by atoms with E-state index in [9.17, 15) is 4.79 Å². The molecule has 1 aromatic carbocycles. The summed E-state index contributed by atoms with van der Waals surface area (Å²) in [5.74, 6) is -0.358. The molecule has 0 spiro atoms. The lowest BCUT2D eigenvalue weighted by atomic mass is 10.1. The van der Waals surface area contributed by atoms with Crippen LogP contribution in [0.1, 0.15) is 11.6 Å². The van der Waals surface area contributed by atoms with Gasteiger partial charge in [-0.15, -0.1) is 0 Å². The second-order valence-electron chi connectivity index (χ2n) is 4.32. The van der Waals surface area contributed by atoms with Gasteiger partial charge in [-0.25, -0.2) is 4.98 Å². The zero-order valence-electron chi connectivity index (χ0n) is 10.7. The van der Waals surface area contributed by atoms with Crippen molar-refractivity contribution in [1.29, 1.82) is 0 Å². The molecule has 1 atom stereocenters. The van der Waals surface area contributed by atoms with Gasteiger partial charge in [0.2, 0.25) is 11.9 Å². The summed E-state index contributed by atoms with van der Waals surface area (Å²) in [4.78, 5) is 27.0. The van der Waals surface area contributed by atoms with Crippen molar-refractivity contribution in [2.75, 3.05) is 5.32 Å². The van der Waals surface area contributed by atoms with Gasteiger partial charge in [0.15, 0.2) is 10.8 Å². The van der Waals surface area contributed by atoms with Gasteiger partial charge in [0.05, 0.1) is 6.33 Å². The number of halogens is 1. The molecule has 0 aliphatic carbocycles. The number of hydrogen-bond donors (Lipinski definition) is 3. The number of benzene rings is 1. The number of H-pyrrole nitrogens is 1. The Bertz CT molecular complexity index is 788. The van der Waals surface area contributed by atoms with Gasteiger partial charge >= 0.3 is 0 Å². The van der Waals surface area contributed by atoms with Crippen molar-refractivity contribution in [3.8, 4) is 0 Å². The minimum absolute atomic E-state index is 0.0657. The van der Waals surface area contributed by atoms with Gasteiger partial charge in [-0.3, -0.25) is 10.1 Å². The molecule has 0 saturated heterocycles. The Labute approximate surface area is 124 Å². The predicted octanol–water partition coefficient (Wildman–Crippen LogP) is 1.64. The Morgan fingerprint density at radius 3 is 2.81 bits per heavy atom. The molecule has 2 heterocycles. The molecule has 106 valence electrons. The smallest absolute Gasteiger partial charge is 0.248 e. The van der Waals surface area contributed by atoms with E-state index in [1.165, 1.54) is 6.33 Å². The van der Waals surface area contributed by atoms with Crippen LogP contribution in [0.5, 0.6) is 0 Å². The largest absolute Gasteiger partial charge is 0.341 e. The number of rotatable bonds is 3. The Kier molecular flexibility index (Phi) is 3.51. The Balaban J connectivity index is 1.83. The third-order valence-corrected chi connectivity index (χ3v) is 3.19. The highest BCUT2D eigenvalue weighted by Gasteiger charge is 2.17. The first-order valence-corrected chi connectivity index (χ1v) is 6.51. The molecule has 0 unspecified atom stereocenters.